The third-order valence-electron chi connectivity index (χ3n) is 3.48. The lowest BCUT2D eigenvalue weighted by atomic mass is 10.1. The smallest absolute Gasteiger partial charge is 0.293 e. The number of nitro groups is 1. The second-order valence-corrected chi connectivity index (χ2v) is 7.66. The molecule has 0 aromatic heterocycles. The van der Waals surface area contributed by atoms with Gasteiger partial charge in [0.2, 0.25) is 0 Å². The molecule has 1 aromatic rings. The molecule has 1 unspecified atom stereocenters. The number of nitrogens with zero attached hydrogens (tertiary/aromatic N) is 2. The maximum atomic E-state index is 12.1. The monoisotopic (exact) mass is 327 g/mol. The number of hydrogen-bond donors (Lipinski definition) is 1. The molecule has 0 aliphatic carbocycles. The Balaban J connectivity index is 2.20. The average molecular weight is 327 g/mol. The van der Waals surface area contributed by atoms with Gasteiger partial charge >= 0.3 is 0 Å². The van der Waals surface area contributed by atoms with E-state index in [9.17, 15) is 23.3 Å². The minimum Gasteiger partial charge on any atom is -0.372 e. The highest BCUT2D eigenvalue weighted by Gasteiger charge is 2.29. The molecule has 8 nitrogen and oxygen atoms in total. The fourth-order valence-corrected chi connectivity index (χ4v) is 4.04. The Hall–Kier alpha value is -2.16. The molecular formula is C13H17N3O5S. The van der Waals surface area contributed by atoms with Gasteiger partial charge in [0.05, 0.1) is 16.4 Å². The van der Waals surface area contributed by atoms with Crippen molar-refractivity contribution >= 4 is 27.1 Å². The summed E-state index contributed by atoms with van der Waals surface area (Å²) in [5.74, 6) is -0.538. The van der Waals surface area contributed by atoms with Crippen molar-refractivity contribution in [2.45, 2.75) is 12.5 Å². The van der Waals surface area contributed by atoms with Gasteiger partial charge < -0.3 is 10.2 Å². The number of nitro benzene ring substituents is 1. The minimum atomic E-state index is -3.09. The molecule has 1 aliphatic heterocycles. The molecule has 0 radical (unpaired) electrons. The number of rotatable bonds is 4. The van der Waals surface area contributed by atoms with Gasteiger partial charge in [0.25, 0.3) is 11.6 Å². The molecule has 0 spiro atoms. The van der Waals surface area contributed by atoms with E-state index in [2.05, 4.69) is 5.32 Å². The minimum absolute atomic E-state index is 0.0532. The standard InChI is InChI=1S/C13H17N3O5S/c1-15(2)11-4-3-9(7-12(11)16(18)19)13(17)14-10-5-6-22(20,21)8-10/h3-4,7,10H,5-6,8H2,1-2H3,(H,14,17). The van der Waals surface area contributed by atoms with E-state index in [1.165, 1.54) is 18.2 Å². The van der Waals surface area contributed by atoms with Gasteiger partial charge in [0, 0.05) is 31.8 Å². The van der Waals surface area contributed by atoms with E-state index >= 15 is 0 Å². The van der Waals surface area contributed by atoms with Crippen LogP contribution in [-0.2, 0) is 9.84 Å². The summed E-state index contributed by atoms with van der Waals surface area (Å²) in [5, 5.41) is 13.7. The Morgan fingerprint density at radius 2 is 2.09 bits per heavy atom. The Kier molecular flexibility index (Phi) is 4.36. The van der Waals surface area contributed by atoms with E-state index < -0.39 is 26.7 Å². The lowest BCUT2D eigenvalue weighted by molar-refractivity contribution is -0.384. The van der Waals surface area contributed by atoms with Gasteiger partial charge in [0.1, 0.15) is 5.69 Å². The van der Waals surface area contributed by atoms with Gasteiger partial charge in [-0.3, -0.25) is 14.9 Å². The van der Waals surface area contributed by atoms with Gasteiger partial charge in [-0.25, -0.2) is 8.42 Å². The molecular weight excluding hydrogens is 310 g/mol. The second-order valence-electron chi connectivity index (χ2n) is 5.43. The van der Waals surface area contributed by atoms with E-state index in [1.54, 1.807) is 19.0 Å². The van der Waals surface area contributed by atoms with Gasteiger partial charge in [-0.1, -0.05) is 0 Å². The predicted octanol–water partition coefficient (Wildman–Crippen LogP) is 0.578. The number of nitrogens with one attached hydrogen (secondary N) is 1. The summed E-state index contributed by atoms with van der Waals surface area (Å²) >= 11 is 0. The van der Waals surface area contributed by atoms with Crippen LogP contribution in [0.2, 0.25) is 0 Å². The van der Waals surface area contributed by atoms with Crippen molar-refractivity contribution in [3.8, 4) is 0 Å². The van der Waals surface area contributed by atoms with Crippen LogP contribution in [0.3, 0.4) is 0 Å². The van der Waals surface area contributed by atoms with E-state index in [0.717, 1.165) is 0 Å². The first kappa shape index (κ1) is 16.2. The largest absolute Gasteiger partial charge is 0.372 e. The predicted molar refractivity (Wildman–Crippen MR) is 81.9 cm³/mol. The molecule has 2 rings (SSSR count). The van der Waals surface area contributed by atoms with Crippen molar-refractivity contribution in [3.63, 3.8) is 0 Å². The maximum absolute atomic E-state index is 12.1. The van der Waals surface area contributed by atoms with Crippen LogP contribution in [0.25, 0.3) is 0 Å². The number of carbonyl (C=O) groups is 1. The van der Waals surface area contributed by atoms with Crippen molar-refractivity contribution < 1.29 is 18.1 Å². The summed E-state index contributed by atoms with van der Waals surface area (Å²) in [6, 6.07) is 3.75. The summed E-state index contributed by atoms with van der Waals surface area (Å²) in [6.07, 6.45) is 0.367. The van der Waals surface area contributed by atoms with Gasteiger partial charge in [-0.2, -0.15) is 0 Å². The van der Waals surface area contributed by atoms with Crippen molar-refractivity contribution in [1.29, 1.82) is 0 Å². The molecule has 1 fully saturated rings. The molecule has 1 aromatic carbocycles. The van der Waals surface area contributed by atoms with Crippen molar-refractivity contribution in [3.05, 3.63) is 33.9 Å². The molecule has 1 saturated heterocycles. The molecule has 1 amide bonds. The molecule has 9 heteroatoms. The number of benzene rings is 1. The third kappa shape index (κ3) is 3.53. The van der Waals surface area contributed by atoms with Gasteiger partial charge in [-0.05, 0) is 18.6 Å². The Morgan fingerprint density at radius 1 is 1.41 bits per heavy atom. The molecule has 1 aliphatic rings. The van der Waals surface area contributed by atoms with Crippen LogP contribution in [0.15, 0.2) is 18.2 Å². The first-order valence-corrected chi connectivity index (χ1v) is 8.49. The van der Waals surface area contributed by atoms with Crippen molar-refractivity contribution in [1.82, 2.24) is 5.32 Å². The van der Waals surface area contributed by atoms with E-state index in [4.69, 9.17) is 0 Å². The fourth-order valence-electron chi connectivity index (χ4n) is 2.37. The first-order chi connectivity index (χ1) is 10.2. The molecule has 0 bridgehead atoms. The van der Waals surface area contributed by atoms with E-state index in [1.807, 2.05) is 0 Å². The number of hydrogen-bond acceptors (Lipinski definition) is 6. The van der Waals surface area contributed by atoms with Crippen LogP contribution in [0.4, 0.5) is 11.4 Å². The number of sulfone groups is 1. The van der Waals surface area contributed by atoms with E-state index in [0.29, 0.717) is 12.1 Å². The fraction of sp³-hybridized carbons (Fsp3) is 0.462. The topological polar surface area (TPSA) is 110 Å². The Morgan fingerprint density at radius 3 is 2.59 bits per heavy atom. The van der Waals surface area contributed by atoms with E-state index in [-0.39, 0.29) is 22.8 Å². The van der Waals surface area contributed by atoms with Crippen LogP contribution in [-0.4, -0.2) is 50.9 Å². The molecule has 1 N–H and O–H groups in total. The first-order valence-electron chi connectivity index (χ1n) is 6.66. The number of amides is 1. The lowest BCUT2D eigenvalue weighted by Crippen LogP contribution is -2.35. The highest BCUT2D eigenvalue weighted by atomic mass is 32.2. The molecule has 1 atom stereocenters. The summed E-state index contributed by atoms with van der Waals surface area (Å²) in [4.78, 5) is 24.3. The lowest BCUT2D eigenvalue weighted by Gasteiger charge is -2.14. The molecule has 120 valence electrons. The summed E-state index contributed by atoms with van der Waals surface area (Å²) in [6.45, 7) is 0. The zero-order valence-corrected chi connectivity index (χ0v) is 13.1. The van der Waals surface area contributed by atoms with Crippen molar-refractivity contribution in [2.75, 3.05) is 30.5 Å². The van der Waals surface area contributed by atoms with Crippen LogP contribution in [0.5, 0.6) is 0 Å². The zero-order valence-electron chi connectivity index (χ0n) is 12.3. The molecule has 1 heterocycles. The van der Waals surface area contributed by atoms with Crippen LogP contribution in [0.1, 0.15) is 16.8 Å². The molecule has 22 heavy (non-hydrogen) atoms. The summed E-state index contributed by atoms with van der Waals surface area (Å²) in [7, 11) is 0.252. The maximum Gasteiger partial charge on any atom is 0.293 e. The Bertz CT molecular complexity index is 714. The van der Waals surface area contributed by atoms with Crippen LogP contribution in [0, 0.1) is 10.1 Å². The van der Waals surface area contributed by atoms with Crippen LogP contribution >= 0.6 is 0 Å². The summed E-state index contributed by atoms with van der Waals surface area (Å²) in [5.41, 5.74) is 0.364. The SMILES string of the molecule is CN(C)c1ccc(C(=O)NC2CCS(=O)(=O)C2)cc1[N+](=O)[O-]. The quantitative estimate of drug-likeness (QED) is 0.640. The third-order valence-corrected chi connectivity index (χ3v) is 5.25. The van der Waals surface area contributed by atoms with Crippen molar-refractivity contribution in [2.24, 2.45) is 0 Å². The van der Waals surface area contributed by atoms with Crippen LogP contribution < -0.4 is 10.2 Å². The highest BCUT2D eigenvalue weighted by molar-refractivity contribution is 7.91. The number of anilines is 1. The average Bonchev–Trinajstić information content (AvgIpc) is 2.76. The Labute approximate surface area is 128 Å². The van der Waals surface area contributed by atoms with Gasteiger partial charge in [0.15, 0.2) is 9.84 Å². The highest BCUT2D eigenvalue weighted by Crippen LogP contribution is 2.27. The van der Waals surface area contributed by atoms with Gasteiger partial charge in [-0.15, -0.1) is 0 Å². The summed E-state index contributed by atoms with van der Waals surface area (Å²) < 4.78 is 22.8. The zero-order chi connectivity index (χ0) is 16.5. The molecule has 0 saturated carbocycles. The number of carbonyl (C=O) groups excluding carboxylic acids is 1. The second kappa shape index (κ2) is 5.91. The normalized spacial score (nSPS) is 19.6.